The number of allylic oxidation sites excluding steroid dienone is 1. The van der Waals surface area contributed by atoms with Gasteiger partial charge in [0, 0.05) is 71.5 Å². The molecule has 10 aromatic rings. The third-order valence-corrected chi connectivity index (χ3v) is 14.2. The molecule has 0 bridgehead atoms. The van der Waals surface area contributed by atoms with Crippen LogP contribution in [0.4, 0.5) is 0 Å². The molecule has 13 rings (SSSR count). The van der Waals surface area contributed by atoms with E-state index in [0.717, 1.165) is 31.4 Å². The summed E-state index contributed by atoms with van der Waals surface area (Å²) in [5.41, 5.74) is 14.7. The summed E-state index contributed by atoms with van der Waals surface area (Å²) in [7, 11) is 0. The highest BCUT2D eigenvalue weighted by Gasteiger charge is 2.63. The average Bonchev–Trinajstić information content (AvgIpc) is 3.82. The number of aryl methyl sites for hydroxylation is 1. The molecular weight excluding hydrogens is 651 g/mol. The summed E-state index contributed by atoms with van der Waals surface area (Å²) >= 11 is 1.94. The van der Waals surface area contributed by atoms with Crippen molar-refractivity contribution in [1.29, 1.82) is 0 Å². The van der Waals surface area contributed by atoms with Gasteiger partial charge < -0.3 is 4.40 Å². The molecule has 2 atom stereocenters. The zero-order chi connectivity index (χ0) is 33.9. The molecule has 3 aliphatic rings. The smallest absolute Gasteiger partial charge is 0.218 e. The second kappa shape index (κ2) is 9.52. The monoisotopic (exact) mass is 683 g/mol. The van der Waals surface area contributed by atoms with E-state index in [2.05, 4.69) is 147 Å². The van der Waals surface area contributed by atoms with E-state index in [4.69, 9.17) is 6.58 Å². The summed E-state index contributed by atoms with van der Waals surface area (Å²) in [6.45, 7) is 4.82. The number of para-hydroxylation sites is 1. The highest BCUT2D eigenvalue weighted by Crippen LogP contribution is 2.55. The molecule has 8 heterocycles. The van der Waals surface area contributed by atoms with E-state index < -0.39 is 0 Å². The van der Waals surface area contributed by atoms with Crippen molar-refractivity contribution in [2.45, 2.75) is 37.1 Å². The third kappa shape index (κ3) is 3.25. The van der Waals surface area contributed by atoms with E-state index in [9.17, 15) is 0 Å². The molecule has 52 heavy (non-hydrogen) atoms. The summed E-state index contributed by atoms with van der Waals surface area (Å²) < 4.78 is 10.5. The molecule has 0 fully saturated rings. The van der Waals surface area contributed by atoms with E-state index in [1.54, 1.807) is 0 Å². The second-order valence-corrected chi connectivity index (χ2v) is 16.4. The largest absolute Gasteiger partial charge is 0.308 e. The second-order valence-electron chi connectivity index (χ2n) is 15.4. The van der Waals surface area contributed by atoms with Crippen LogP contribution in [0.2, 0.25) is 0 Å². The van der Waals surface area contributed by atoms with Crippen LogP contribution < -0.4 is 9.13 Å². The number of fused-ring (bicyclic) bond motifs is 16. The molecule has 4 heteroatoms. The number of rotatable bonds is 0. The zero-order valence-electron chi connectivity index (χ0n) is 28.6. The fourth-order valence-corrected chi connectivity index (χ4v) is 12.2. The summed E-state index contributed by atoms with van der Waals surface area (Å²) in [6, 6.07) is 48.3. The predicted octanol–water partition coefficient (Wildman–Crippen LogP) is 11.0. The van der Waals surface area contributed by atoms with Crippen molar-refractivity contribution in [1.82, 2.24) is 4.40 Å². The Kier molecular flexibility index (Phi) is 5.10. The molecular formula is C48H33N3S+2. The average molecular weight is 684 g/mol. The maximum absolute atomic E-state index is 4.82. The highest BCUT2D eigenvalue weighted by atomic mass is 32.1. The summed E-state index contributed by atoms with van der Waals surface area (Å²) in [6.07, 6.45) is 6.30. The van der Waals surface area contributed by atoms with Crippen LogP contribution in [0.25, 0.3) is 86.5 Å². The molecule has 0 saturated heterocycles. The Hall–Kier alpha value is -5.84. The molecule has 3 nitrogen and oxygen atoms in total. The Balaban J connectivity index is 1.14. The lowest BCUT2D eigenvalue weighted by atomic mass is 9.62. The van der Waals surface area contributed by atoms with Gasteiger partial charge in [0.1, 0.15) is 0 Å². The van der Waals surface area contributed by atoms with Crippen LogP contribution in [-0.4, -0.2) is 4.40 Å². The fraction of sp³-hybridized carbons (Fsp3) is 0.125. The SMILES string of the molecule is C=C1CC23Cc4cccc([n+]42)-c2cc4c5cc6c7ccccc7sc6c6c7ccccc7n(c4cc2C3CCc2ccccc2-c2cccc[n+]21)c56. The van der Waals surface area contributed by atoms with E-state index in [-0.39, 0.29) is 5.54 Å². The number of nitrogens with zero attached hydrogens (tertiary/aromatic N) is 3. The van der Waals surface area contributed by atoms with Gasteiger partial charge in [0.15, 0.2) is 23.1 Å². The van der Waals surface area contributed by atoms with Crippen LogP contribution in [0.5, 0.6) is 0 Å². The number of pyridine rings is 2. The standard InChI is InChI=1S/C48H33N3S/c1-28-26-48-27-30-12-10-18-42(51(30)48)35-23-36-37-24-38-32-14-5-7-19-44(32)52-47(38)45-33-15-4-6-17-41(33)50(46(37)45)43(36)25-34(35)39(48)21-20-29-11-2-3-13-31(29)40-16-8-9-22-49(28)40/h2-19,22-25,39H,1,20-21,26-27H2/q+2. The zero-order valence-corrected chi connectivity index (χ0v) is 29.4. The molecule has 0 radical (unpaired) electrons. The van der Waals surface area contributed by atoms with Gasteiger partial charge in [-0.1, -0.05) is 54.6 Å². The fourth-order valence-electron chi connectivity index (χ4n) is 11.0. The lowest BCUT2D eigenvalue weighted by molar-refractivity contribution is -0.809. The minimum atomic E-state index is -0.0717. The van der Waals surface area contributed by atoms with Crippen molar-refractivity contribution in [2.24, 2.45) is 0 Å². The highest BCUT2D eigenvalue weighted by molar-refractivity contribution is 7.26. The molecule has 244 valence electrons. The first kappa shape index (κ1) is 27.8. The molecule has 0 aliphatic carbocycles. The minimum absolute atomic E-state index is 0.0717. The van der Waals surface area contributed by atoms with E-state index in [0.29, 0.717) is 5.92 Å². The first-order valence-electron chi connectivity index (χ1n) is 18.6. The van der Waals surface area contributed by atoms with Crippen molar-refractivity contribution >= 4 is 75.3 Å². The normalized spacial score (nSPS) is 19.2. The van der Waals surface area contributed by atoms with E-state index in [1.807, 2.05) is 11.3 Å². The number of hydrogen-bond acceptors (Lipinski definition) is 1. The topological polar surface area (TPSA) is 12.2 Å². The third-order valence-electron chi connectivity index (χ3n) is 13.0. The quantitative estimate of drug-likeness (QED) is 0.141. The number of thiophene rings is 1. The summed E-state index contributed by atoms with van der Waals surface area (Å²) in [4.78, 5) is 0. The van der Waals surface area contributed by atoms with Gasteiger partial charge in [0.05, 0.1) is 40.9 Å². The number of aromatic nitrogens is 3. The van der Waals surface area contributed by atoms with Gasteiger partial charge >= 0.3 is 0 Å². The Morgan fingerprint density at radius 2 is 1.50 bits per heavy atom. The minimum Gasteiger partial charge on any atom is -0.308 e. The molecule has 3 aliphatic heterocycles. The van der Waals surface area contributed by atoms with Gasteiger partial charge in [-0.05, 0) is 79.1 Å². The van der Waals surface area contributed by atoms with Crippen LogP contribution in [0.15, 0.2) is 140 Å². The van der Waals surface area contributed by atoms with E-state index >= 15 is 0 Å². The van der Waals surface area contributed by atoms with Crippen LogP contribution in [-0.2, 0) is 18.4 Å². The Bertz CT molecular complexity index is 3230. The molecule has 1 spiro atoms. The molecule has 5 aromatic carbocycles. The number of benzene rings is 5. The molecule has 0 amide bonds. The van der Waals surface area contributed by atoms with E-state index in [1.165, 1.54) is 97.6 Å². The number of hydrogen-bond donors (Lipinski definition) is 0. The Morgan fingerprint density at radius 1 is 0.673 bits per heavy atom. The Morgan fingerprint density at radius 3 is 2.46 bits per heavy atom. The van der Waals surface area contributed by atoms with Crippen molar-refractivity contribution < 1.29 is 9.13 Å². The maximum Gasteiger partial charge on any atom is 0.218 e. The van der Waals surface area contributed by atoms with Gasteiger partial charge in [0.25, 0.3) is 0 Å². The van der Waals surface area contributed by atoms with Crippen molar-refractivity contribution in [3.05, 3.63) is 157 Å². The van der Waals surface area contributed by atoms with Gasteiger partial charge in [-0.25, -0.2) is 0 Å². The van der Waals surface area contributed by atoms with Crippen LogP contribution in [0.1, 0.15) is 35.6 Å². The predicted molar refractivity (Wildman–Crippen MR) is 214 cm³/mol. The lowest BCUT2D eigenvalue weighted by Crippen LogP contribution is -2.74. The molecule has 5 aromatic heterocycles. The summed E-state index contributed by atoms with van der Waals surface area (Å²) in [5, 5.41) is 8.19. The van der Waals surface area contributed by atoms with Crippen LogP contribution >= 0.6 is 11.3 Å². The van der Waals surface area contributed by atoms with Crippen molar-refractivity contribution in [3.8, 4) is 22.5 Å². The molecule has 2 unspecified atom stereocenters. The van der Waals surface area contributed by atoms with Gasteiger partial charge in [0.2, 0.25) is 11.4 Å². The first-order chi connectivity index (χ1) is 25.7. The maximum atomic E-state index is 4.82. The van der Waals surface area contributed by atoms with Gasteiger partial charge in [-0.2, -0.15) is 9.13 Å². The summed E-state index contributed by atoms with van der Waals surface area (Å²) in [5.74, 6) is 0.337. The molecule has 0 N–H and O–H groups in total. The first-order valence-corrected chi connectivity index (χ1v) is 19.4. The van der Waals surface area contributed by atoms with Gasteiger partial charge in [-0.15, -0.1) is 11.3 Å². The van der Waals surface area contributed by atoms with Gasteiger partial charge in [-0.3, -0.25) is 0 Å². The molecule has 0 saturated carbocycles. The lowest BCUT2D eigenvalue weighted by Gasteiger charge is -2.46. The Labute approximate surface area is 304 Å². The van der Waals surface area contributed by atoms with Crippen molar-refractivity contribution in [2.75, 3.05) is 0 Å². The van der Waals surface area contributed by atoms with Crippen molar-refractivity contribution in [3.63, 3.8) is 0 Å². The van der Waals surface area contributed by atoms with Crippen LogP contribution in [0.3, 0.4) is 0 Å². The van der Waals surface area contributed by atoms with Crippen LogP contribution in [0, 0.1) is 0 Å².